The van der Waals surface area contributed by atoms with E-state index in [1.54, 1.807) is 0 Å². The third kappa shape index (κ3) is 1.89. The highest BCUT2D eigenvalue weighted by molar-refractivity contribution is 5.04. The molecule has 2 atom stereocenters. The average Bonchev–Trinajstić information content (AvgIpc) is 2.72. The molecule has 2 saturated heterocycles. The van der Waals surface area contributed by atoms with E-state index in [9.17, 15) is 0 Å². The lowest BCUT2D eigenvalue weighted by Crippen LogP contribution is -2.44. The maximum Gasteiger partial charge on any atom is 0.0622 e. The number of likely N-dealkylation sites (tertiary alicyclic amines) is 1. The average molecular weight is 207 g/mol. The van der Waals surface area contributed by atoms with Gasteiger partial charge in [0.1, 0.15) is 0 Å². The zero-order chi connectivity index (χ0) is 10.9. The molecular weight excluding hydrogens is 186 g/mol. The minimum Gasteiger partial charge on any atom is -0.316 e. The summed E-state index contributed by atoms with van der Waals surface area (Å²) in [4.78, 5) is 2.58. The molecular formula is C12H21N3. The van der Waals surface area contributed by atoms with Crippen molar-refractivity contribution in [1.29, 1.82) is 5.26 Å². The van der Waals surface area contributed by atoms with E-state index in [1.807, 2.05) is 0 Å². The minimum absolute atomic E-state index is 0.323. The Morgan fingerprint density at radius 3 is 2.93 bits per heavy atom. The Morgan fingerprint density at radius 2 is 2.27 bits per heavy atom. The van der Waals surface area contributed by atoms with E-state index in [4.69, 9.17) is 5.26 Å². The Kier molecular flexibility index (Phi) is 2.99. The third-order valence-electron chi connectivity index (χ3n) is 4.23. The molecule has 0 spiro atoms. The summed E-state index contributed by atoms with van der Waals surface area (Å²) in [5.41, 5.74) is 0.323. The first-order valence-electron chi connectivity index (χ1n) is 5.99. The van der Waals surface area contributed by atoms with Gasteiger partial charge in [0.15, 0.2) is 0 Å². The topological polar surface area (TPSA) is 39.1 Å². The highest BCUT2D eigenvalue weighted by atomic mass is 15.2. The largest absolute Gasteiger partial charge is 0.316 e. The Labute approximate surface area is 92.4 Å². The van der Waals surface area contributed by atoms with Crippen molar-refractivity contribution in [2.24, 2.45) is 11.8 Å². The summed E-state index contributed by atoms with van der Waals surface area (Å²) in [6, 6.07) is 2.23. The first-order valence-corrected chi connectivity index (χ1v) is 5.99. The number of nitrogens with one attached hydrogen (secondary N) is 1. The van der Waals surface area contributed by atoms with Crippen molar-refractivity contribution in [2.45, 2.75) is 32.2 Å². The lowest BCUT2D eigenvalue weighted by Gasteiger charge is -2.35. The number of hydrogen-bond acceptors (Lipinski definition) is 3. The predicted octanol–water partition coefficient (Wildman–Crippen LogP) is 1.22. The van der Waals surface area contributed by atoms with Crippen LogP contribution in [0.5, 0.6) is 0 Å². The number of rotatable bonds is 3. The van der Waals surface area contributed by atoms with Crippen LogP contribution >= 0.6 is 0 Å². The van der Waals surface area contributed by atoms with Crippen LogP contribution in [-0.4, -0.2) is 36.6 Å². The van der Waals surface area contributed by atoms with Crippen LogP contribution in [0.25, 0.3) is 0 Å². The molecule has 3 nitrogen and oxygen atoms in total. The van der Waals surface area contributed by atoms with Crippen molar-refractivity contribution in [3.63, 3.8) is 0 Å². The Morgan fingerprint density at radius 1 is 1.47 bits per heavy atom. The van der Waals surface area contributed by atoms with Crippen LogP contribution in [0.1, 0.15) is 26.7 Å². The van der Waals surface area contributed by atoms with Crippen LogP contribution in [0, 0.1) is 23.2 Å². The summed E-state index contributed by atoms with van der Waals surface area (Å²) in [6.07, 6.45) is 1.72. The zero-order valence-corrected chi connectivity index (χ0v) is 9.79. The molecule has 2 heterocycles. The number of unbranched alkanes of at least 4 members (excludes halogenated alkanes) is 1. The van der Waals surface area contributed by atoms with Crippen molar-refractivity contribution >= 4 is 0 Å². The standard InChI is InChI=1S/C12H21N3/c1-12(2)11-8-14-7-10(11)9-15(12)6-4-3-5-13/h10-11,14H,3-4,6-9H2,1-2H3. The molecule has 2 fully saturated rings. The molecule has 0 saturated carbocycles. The predicted molar refractivity (Wildman–Crippen MR) is 60.3 cm³/mol. The fraction of sp³-hybridized carbons (Fsp3) is 0.917. The van der Waals surface area contributed by atoms with Gasteiger partial charge < -0.3 is 5.32 Å². The van der Waals surface area contributed by atoms with Crippen LogP contribution in [0.15, 0.2) is 0 Å². The quantitative estimate of drug-likeness (QED) is 0.707. The van der Waals surface area contributed by atoms with E-state index in [0.29, 0.717) is 12.0 Å². The maximum absolute atomic E-state index is 8.55. The first kappa shape index (κ1) is 10.9. The number of hydrogen-bond donors (Lipinski definition) is 1. The van der Waals surface area contributed by atoms with E-state index in [1.165, 1.54) is 19.6 Å². The second-order valence-corrected chi connectivity index (χ2v) is 5.39. The van der Waals surface area contributed by atoms with Crippen molar-refractivity contribution in [3.05, 3.63) is 0 Å². The molecule has 0 aromatic rings. The van der Waals surface area contributed by atoms with Crippen molar-refractivity contribution in [2.75, 3.05) is 26.2 Å². The second kappa shape index (κ2) is 4.11. The fourth-order valence-corrected chi connectivity index (χ4v) is 3.23. The second-order valence-electron chi connectivity index (χ2n) is 5.39. The minimum atomic E-state index is 0.323. The van der Waals surface area contributed by atoms with Gasteiger partial charge in [-0.1, -0.05) is 0 Å². The summed E-state index contributed by atoms with van der Waals surface area (Å²) < 4.78 is 0. The van der Waals surface area contributed by atoms with Crippen LogP contribution in [0.2, 0.25) is 0 Å². The Hall–Kier alpha value is -0.590. The molecule has 0 amide bonds. The lowest BCUT2D eigenvalue weighted by molar-refractivity contribution is 0.139. The van der Waals surface area contributed by atoms with Gasteiger partial charge in [0, 0.05) is 25.0 Å². The van der Waals surface area contributed by atoms with Crippen molar-refractivity contribution in [1.82, 2.24) is 10.2 Å². The normalized spacial score (nSPS) is 33.9. The monoisotopic (exact) mass is 207 g/mol. The van der Waals surface area contributed by atoms with E-state index in [0.717, 1.165) is 24.8 Å². The molecule has 1 N–H and O–H groups in total. The molecule has 2 aliphatic rings. The highest BCUT2D eigenvalue weighted by Gasteiger charge is 2.48. The fourth-order valence-electron chi connectivity index (χ4n) is 3.23. The third-order valence-corrected chi connectivity index (χ3v) is 4.23. The van der Waals surface area contributed by atoms with Crippen molar-refractivity contribution in [3.8, 4) is 6.07 Å². The zero-order valence-electron chi connectivity index (χ0n) is 9.79. The summed E-state index contributed by atoms with van der Waals surface area (Å²) in [5, 5.41) is 12.0. The summed E-state index contributed by atoms with van der Waals surface area (Å²) in [7, 11) is 0. The smallest absolute Gasteiger partial charge is 0.0622 e. The van der Waals surface area contributed by atoms with E-state index in [-0.39, 0.29) is 0 Å². The van der Waals surface area contributed by atoms with E-state index >= 15 is 0 Å². The van der Waals surface area contributed by atoms with Gasteiger partial charge in [-0.2, -0.15) is 5.26 Å². The summed E-state index contributed by atoms with van der Waals surface area (Å²) in [5.74, 6) is 1.64. The molecule has 0 aliphatic carbocycles. The Bertz CT molecular complexity index is 267. The van der Waals surface area contributed by atoms with Crippen LogP contribution in [0.4, 0.5) is 0 Å². The number of nitrogens with zero attached hydrogens (tertiary/aromatic N) is 2. The molecule has 2 unspecified atom stereocenters. The molecule has 15 heavy (non-hydrogen) atoms. The summed E-state index contributed by atoms with van der Waals surface area (Å²) >= 11 is 0. The van der Waals surface area contributed by atoms with Gasteiger partial charge in [-0.25, -0.2) is 0 Å². The summed E-state index contributed by atoms with van der Waals surface area (Å²) in [6.45, 7) is 9.38. The molecule has 0 aromatic heterocycles. The van der Waals surface area contributed by atoms with Gasteiger partial charge in [-0.15, -0.1) is 0 Å². The molecule has 0 aromatic carbocycles. The Balaban J connectivity index is 1.94. The lowest BCUT2D eigenvalue weighted by atomic mass is 9.85. The van der Waals surface area contributed by atoms with Gasteiger partial charge in [0.25, 0.3) is 0 Å². The number of nitriles is 1. The van der Waals surface area contributed by atoms with Crippen LogP contribution in [0.3, 0.4) is 0 Å². The van der Waals surface area contributed by atoms with Gasteiger partial charge in [0.2, 0.25) is 0 Å². The first-order chi connectivity index (χ1) is 7.16. The molecule has 0 bridgehead atoms. The maximum atomic E-state index is 8.55. The van der Waals surface area contributed by atoms with E-state index < -0.39 is 0 Å². The van der Waals surface area contributed by atoms with Gasteiger partial charge in [-0.3, -0.25) is 4.90 Å². The van der Waals surface area contributed by atoms with Crippen LogP contribution in [-0.2, 0) is 0 Å². The SMILES string of the molecule is CC1(C)C2CNCC2CN1CCCC#N. The van der Waals surface area contributed by atoms with Gasteiger partial charge >= 0.3 is 0 Å². The molecule has 84 valence electrons. The molecule has 2 rings (SSSR count). The van der Waals surface area contributed by atoms with Gasteiger partial charge in [0.05, 0.1) is 6.07 Å². The molecule has 2 aliphatic heterocycles. The van der Waals surface area contributed by atoms with Gasteiger partial charge in [-0.05, 0) is 45.2 Å². The van der Waals surface area contributed by atoms with Crippen molar-refractivity contribution < 1.29 is 0 Å². The molecule has 3 heteroatoms. The van der Waals surface area contributed by atoms with Crippen LogP contribution < -0.4 is 5.32 Å². The highest BCUT2D eigenvalue weighted by Crippen LogP contribution is 2.40. The number of fused-ring (bicyclic) bond motifs is 1. The van der Waals surface area contributed by atoms with E-state index in [2.05, 4.69) is 30.1 Å². The molecule has 0 radical (unpaired) electrons.